The highest BCUT2D eigenvalue weighted by Crippen LogP contribution is 2.24. The van der Waals surface area contributed by atoms with Gasteiger partial charge in [-0.15, -0.1) is 11.6 Å². The van der Waals surface area contributed by atoms with E-state index in [1.807, 2.05) is 38.4 Å². The highest BCUT2D eigenvalue weighted by atomic mass is 35.5. The van der Waals surface area contributed by atoms with Gasteiger partial charge in [0, 0.05) is 23.7 Å². The molecular weight excluding hydrogens is 452 g/mol. The van der Waals surface area contributed by atoms with Crippen LogP contribution in [-0.4, -0.2) is 27.1 Å². The summed E-state index contributed by atoms with van der Waals surface area (Å²) in [4.78, 5) is 21.1. The fourth-order valence-corrected chi connectivity index (χ4v) is 4.71. The Kier molecular flexibility index (Phi) is 13.5. The van der Waals surface area contributed by atoms with Crippen LogP contribution in [0.2, 0.25) is 0 Å². The number of rotatable bonds is 16. The van der Waals surface area contributed by atoms with E-state index < -0.39 is 11.3 Å². The zero-order valence-electron chi connectivity index (χ0n) is 20.4. The highest BCUT2D eigenvalue weighted by molar-refractivity contribution is 7.99. The topological polar surface area (TPSA) is 52.1 Å². The summed E-state index contributed by atoms with van der Waals surface area (Å²) < 4.78 is 5.38. The molecule has 0 amide bonds. The molecular formula is C27H39ClN2O2S. The number of aromatic nitrogens is 2. The first-order chi connectivity index (χ1) is 16.0. The zero-order valence-corrected chi connectivity index (χ0v) is 22.0. The van der Waals surface area contributed by atoms with Crippen LogP contribution in [0, 0.1) is 5.92 Å². The third kappa shape index (κ3) is 11.4. The van der Waals surface area contributed by atoms with Crippen LogP contribution in [0.3, 0.4) is 0 Å². The third-order valence-electron chi connectivity index (χ3n) is 5.45. The molecule has 0 aliphatic rings. The Morgan fingerprint density at radius 2 is 1.48 bits per heavy atom. The zero-order chi connectivity index (χ0) is 23.9. The van der Waals surface area contributed by atoms with E-state index in [9.17, 15) is 4.79 Å². The Balaban J connectivity index is 1.69. The maximum Gasteiger partial charge on any atom is 0.329 e. The number of benzene rings is 1. The standard InChI is InChI=1S/C27H39ClN2O2S/c1-4-5-6-7-8-9-10-11-12-17-33-27-29-19-23(20-30-27)22-13-15-24(16-14-22)32-26(31)25(28)18-21(2)3/h13-16,19-21,25H,4-12,17-18H2,1-3H3/t25-/m0/s1. The molecule has 1 aromatic heterocycles. The SMILES string of the molecule is CCCCCCCCCCCSc1ncc(-c2ccc(OC(=O)[C@@H](Cl)CC(C)C)cc2)cn1. The van der Waals surface area contributed by atoms with E-state index in [-0.39, 0.29) is 0 Å². The number of esters is 1. The number of carbonyl (C=O) groups excluding carboxylic acids is 1. The number of thioether (sulfide) groups is 1. The molecule has 0 bridgehead atoms. The Morgan fingerprint density at radius 1 is 0.909 bits per heavy atom. The lowest BCUT2D eigenvalue weighted by Crippen LogP contribution is -2.22. The summed E-state index contributed by atoms with van der Waals surface area (Å²) in [5.74, 6) is 1.49. The van der Waals surface area contributed by atoms with Crippen molar-refractivity contribution in [3.05, 3.63) is 36.7 Å². The first-order valence-corrected chi connectivity index (χ1v) is 13.8. The van der Waals surface area contributed by atoms with E-state index >= 15 is 0 Å². The van der Waals surface area contributed by atoms with Gasteiger partial charge in [0.2, 0.25) is 0 Å². The van der Waals surface area contributed by atoms with Crippen molar-refractivity contribution >= 4 is 29.3 Å². The molecule has 1 aromatic carbocycles. The average Bonchev–Trinajstić information content (AvgIpc) is 2.81. The fraction of sp³-hybridized carbons (Fsp3) is 0.593. The van der Waals surface area contributed by atoms with Gasteiger partial charge in [-0.2, -0.15) is 0 Å². The van der Waals surface area contributed by atoms with Gasteiger partial charge in [0.05, 0.1) is 0 Å². The molecule has 1 heterocycles. The van der Waals surface area contributed by atoms with Crippen molar-refractivity contribution in [2.75, 3.05) is 5.75 Å². The molecule has 2 rings (SSSR count). The van der Waals surface area contributed by atoms with Gasteiger partial charge >= 0.3 is 5.97 Å². The number of ether oxygens (including phenoxy) is 1. The predicted octanol–water partition coefficient (Wildman–Crippen LogP) is 8.33. The van der Waals surface area contributed by atoms with Gasteiger partial charge < -0.3 is 4.74 Å². The van der Waals surface area contributed by atoms with Crippen LogP contribution in [0.1, 0.15) is 85.0 Å². The van der Waals surface area contributed by atoms with E-state index in [0.29, 0.717) is 18.1 Å². The minimum Gasteiger partial charge on any atom is -0.425 e. The van der Waals surface area contributed by atoms with Crippen LogP contribution in [0.25, 0.3) is 11.1 Å². The summed E-state index contributed by atoms with van der Waals surface area (Å²) in [6.07, 6.45) is 16.4. The van der Waals surface area contributed by atoms with Gasteiger partial charge in [0.15, 0.2) is 5.16 Å². The molecule has 0 saturated carbocycles. The first-order valence-electron chi connectivity index (χ1n) is 12.4. The Morgan fingerprint density at radius 3 is 2.06 bits per heavy atom. The van der Waals surface area contributed by atoms with Crippen LogP contribution < -0.4 is 4.74 Å². The van der Waals surface area contributed by atoms with E-state index in [1.54, 1.807) is 23.9 Å². The second-order valence-electron chi connectivity index (χ2n) is 8.97. The number of unbranched alkanes of at least 4 members (excludes halogenated alkanes) is 8. The summed E-state index contributed by atoms with van der Waals surface area (Å²) in [5.41, 5.74) is 1.92. The van der Waals surface area contributed by atoms with Crippen molar-refractivity contribution in [2.24, 2.45) is 5.92 Å². The third-order valence-corrected chi connectivity index (χ3v) is 6.77. The van der Waals surface area contributed by atoms with Crippen molar-refractivity contribution in [3.63, 3.8) is 0 Å². The molecule has 4 nitrogen and oxygen atoms in total. The second kappa shape index (κ2) is 16.1. The van der Waals surface area contributed by atoms with Crippen LogP contribution in [0.4, 0.5) is 0 Å². The molecule has 33 heavy (non-hydrogen) atoms. The molecule has 2 aromatic rings. The summed E-state index contributed by atoms with van der Waals surface area (Å²) in [5, 5.41) is 0.195. The minimum atomic E-state index is -0.626. The molecule has 0 saturated heterocycles. The summed E-state index contributed by atoms with van der Waals surface area (Å²) in [7, 11) is 0. The lowest BCUT2D eigenvalue weighted by Gasteiger charge is -2.11. The van der Waals surface area contributed by atoms with Crippen LogP contribution >= 0.6 is 23.4 Å². The van der Waals surface area contributed by atoms with Gasteiger partial charge in [-0.05, 0) is 36.5 Å². The second-order valence-corrected chi connectivity index (χ2v) is 10.6. The monoisotopic (exact) mass is 490 g/mol. The summed E-state index contributed by atoms with van der Waals surface area (Å²) in [6, 6.07) is 7.36. The van der Waals surface area contributed by atoms with Crippen molar-refractivity contribution in [1.29, 1.82) is 0 Å². The molecule has 0 N–H and O–H groups in total. The predicted molar refractivity (Wildman–Crippen MR) is 140 cm³/mol. The largest absolute Gasteiger partial charge is 0.425 e. The molecule has 0 unspecified atom stereocenters. The van der Waals surface area contributed by atoms with Crippen molar-refractivity contribution in [2.45, 2.75) is 95.5 Å². The van der Waals surface area contributed by atoms with Crippen LogP contribution in [0.5, 0.6) is 5.75 Å². The number of carbonyl (C=O) groups is 1. The van der Waals surface area contributed by atoms with Crippen molar-refractivity contribution < 1.29 is 9.53 Å². The van der Waals surface area contributed by atoms with E-state index in [2.05, 4.69) is 16.9 Å². The van der Waals surface area contributed by atoms with Gasteiger partial charge in [-0.25, -0.2) is 9.97 Å². The van der Waals surface area contributed by atoms with Gasteiger partial charge in [0.25, 0.3) is 0 Å². The van der Waals surface area contributed by atoms with Crippen molar-refractivity contribution in [1.82, 2.24) is 9.97 Å². The van der Waals surface area contributed by atoms with Gasteiger partial charge in [-0.3, -0.25) is 4.79 Å². The fourth-order valence-electron chi connectivity index (χ4n) is 3.52. The summed E-state index contributed by atoms with van der Waals surface area (Å²) in [6.45, 7) is 6.32. The van der Waals surface area contributed by atoms with E-state index in [0.717, 1.165) is 22.0 Å². The molecule has 0 aliphatic heterocycles. The normalized spacial score (nSPS) is 12.2. The quantitative estimate of drug-likeness (QED) is 0.0590. The smallest absolute Gasteiger partial charge is 0.329 e. The van der Waals surface area contributed by atoms with Crippen LogP contribution in [-0.2, 0) is 4.79 Å². The maximum atomic E-state index is 12.1. The molecule has 1 atom stereocenters. The minimum absolute atomic E-state index is 0.341. The highest BCUT2D eigenvalue weighted by Gasteiger charge is 2.19. The Labute approximate surface area is 209 Å². The van der Waals surface area contributed by atoms with Crippen LogP contribution in [0.15, 0.2) is 41.8 Å². The van der Waals surface area contributed by atoms with Gasteiger partial charge in [0.1, 0.15) is 11.1 Å². The first kappa shape index (κ1) is 27.7. The molecule has 0 aliphatic carbocycles. The average molecular weight is 491 g/mol. The van der Waals surface area contributed by atoms with E-state index in [4.69, 9.17) is 16.3 Å². The number of hydrogen-bond donors (Lipinski definition) is 0. The Bertz CT molecular complexity index is 797. The number of halogens is 1. The maximum absolute atomic E-state index is 12.1. The summed E-state index contributed by atoms with van der Waals surface area (Å²) >= 11 is 7.84. The van der Waals surface area contributed by atoms with Crippen molar-refractivity contribution in [3.8, 4) is 16.9 Å². The molecule has 6 heteroatoms. The number of nitrogens with zero attached hydrogens (tertiary/aromatic N) is 2. The number of alkyl halides is 1. The molecule has 0 fully saturated rings. The Hall–Kier alpha value is -1.59. The molecule has 0 radical (unpaired) electrons. The lowest BCUT2D eigenvalue weighted by atomic mass is 10.1. The van der Waals surface area contributed by atoms with Gasteiger partial charge in [-0.1, -0.05) is 96.0 Å². The number of hydrogen-bond acceptors (Lipinski definition) is 5. The van der Waals surface area contributed by atoms with E-state index in [1.165, 1.54) is 57.8 Å². The molecule has 182 valence electrons. The lowest BCUT2D eigenvalue weighted by molar-refractivity contribution is -0.134. The molecule has 0 spiro atoms.